The summed E-state index contributed by atoms with van der Waals surface area (Å²) in [6.07, 6.45) is 3.57. The number of rotatable bonds is 2. The zero-order valence-corrected chi connectivity index (χ0v) is 6.02. The lowest BCUT2D eigenvalue weighted by Crippen LogP contribution is -1.92. The average Bonchev–Trinajstić information content (AvgIpc) is 2.18. The Labute approximate surface area is 59.6 Å². The molecule has 0 amide bonds. The van der Waals surface area contributed by atoms with Crippen molar-refractivity contribution in [2.24, 2.45) is 5.10 Å². The molecule has 0 unspecified atom stereocenters. The van der Waals surface area contributed by atoms with E-state index >= 15 is 0 Å². The van der Waals surface area contributed by atoms with Gasteiger partial charge in [-0.2, -0.15) is 10.5 Å². The molecule has 0 spiro atoms. The van der Waals surface area contributed by atoms with Crippen molar-refractivity contribution in [1.82, 2.24) is 5.43 Å². The van der Waals surface area contributed by atoms with E-state index in [4.69, 9.17) is 11.6 Å². The van der Waals surface area contributed by atoms with E-state index in [2.05, 4.69) is 17.5 Å². The van der Waals surface area contributed by atoms with Crippen LogP contribution < -0.4 is 5.43 Å². The highest BCUT2D eigenvalue weighted by molar-refractivity contribution is 6.43. The number of hydrogen-bond acceptors (Lipinski definition) is 1. The Morgan fingerprint density at radius 3 is 2.89 bits per heavy atom. The highest BCUT2D eigenvalue weighted by Crippen LogP contribution is 2.12. The molecule has 0 aromatic heterocycles. The fourth-order valence-corrected chi connectivity index (χ4v) is 0.854. The molecule has 49 valence electrons. The lowest BCUT2D eigenvalue weighted by Gasteiger charge is -1.92. The third-order valence-electron chi connectivity index (χ3n) is 1.11. The van der Waals surface area contributed by atoms with Crippen LogP contribution in [0.2, 0.25) is 0 Å². The van der Waals surface area contributed by atoms with Crippen molar-refractivity contribution in [1.29, 1.82) is 0 Å². The number of hydrogen-bond donors (Lipinski definition) is 0. The molecule has 1 aliphatic heterocycles. The molecule has 0 bridgehead atoms. The monoisotopic (exact) mass is 143 g/mol. The molecule has 1 radical (unpaired) electrons. The second kappa shape index (κ2) is 2.87. The van der Waals surface area contributed by atoms with Gasteiger partial charge in [0.15, 0.2) is 0 Å². The van der Waals surface area contributed by atoms with Crippen molar-refractivity contribution < 1.29 is 0 Å². The second-order valence-electron chi connectivity index (χ2n) is 1.89. The fourth-order valence-electron chi connectivity index (χ4n) is 0.678. The summed E-state index contributed by atoms with van der Waals surface area (Å²) in [4.78, 5) is 0. The smallest absolute Gasteiger partial charge is 0.0841 e. The molecule has 0 saturated heterocycles. The lowest BCUT2D eigenvalue weighted by atomic mass is 10.2. The molecule has 2 nitrogen and oxygen atoms in total. The van der Waals surface area contributed by atoms with Gasteiger partial charge in [0.2, 0.25) is 0 Å². The van der Waals surface area contributed by atoms with Crippen LogP contribution in [0.25, 0.3) is 0 Å². The van der Waals surface area contributed by atoms with Crippen LogP contribution in [0, 0.1) is 0 Å². The van der Waals surface area contributed by atoms with Crippen LogP contribution in [0.3, 0.4) is 0 Å². The molecule has 0 N–H and O–H groups in total. The predicted octanol–water partition coefficient (Wildman–Crippen LogP) is 1.84. The van der Waals surface area contributed by atoms with Crippen LogP contribution in [-0.2, 0) is 0 Å². The van der Waals surface area contributed by atoms with Gasteiger partial charge in [0.1, 0.15) is 0 Å². The zero-order valence-electron chi connectivity index (χ0n) is 5.26. The van der Waals surface area contributed by atoms with Crippen molar-refractivity contribution in [2.75, 3.05) is 0 Å². The van der Waals surface area contributed by atoms with E-state index in [9.17, 15) is 0 Å². The molecular weight excluding hydrogens is 136 g/mol. The molecule has 3 heteroatoms. The van der Waals surface area contributed by atoms with Crippen molar-refractivity contribution in [3.05, 3.63) is 11.2 Å². The van der Waals surface area contributed by atoms with Crippen molar-refractivity contribution >= 4 is 17.3 Å². The summed E-state index contributed by atoms with van der Waals surface area (Å²) in [6, 6.07) is 0. The molecule has 1 rings (SSSR count). The minimum absolute atomic E-state index is 0.692. The van der Waals surface area contributed by atoms with Gasteiger partial charge in [0.25, 0.3) is 0 Å². The van der Waals surface area contributed by atoms with Gasteiger partial charge in [-0.1, -0.05) is 24.9 Å². The van der Waals surface area contributed by atoms with Gasteiger partial charge in [-0.05, 0) is 6.42 Å². The normalized spacial score (nSPS) is 16.7. The van der Waals surface area contributed by atoms with E-state index in [1.165, 1.54) is 0 Å². The summed E-state index contributed by atoms with van der Waals surface area (Å²) in [6.45, 7) is 2.09. The van der Waals surface area contributed by atoms with Crippen LogP contribution in [-0.4, -0.2) is 5.71 Å². The van der Waals surface area contributed by atoms with Crippen molar-refractivity contribution in [2.45, 2.75) is 19.8 Å². The Balaban J connectivity index is 2.50. The van der Waals surface area contributed by atoms with Gasteiger partial charge in [-0.15, -0.1) is 0 Å². The van der Waals surface area contributed by atoms with Crippen molar-refractivity contribution in [3.8, 4) is 0 Å². The molecule has 0 atom stereocenters. The zero-order chi connectivity index (χ0) is 6.69. The van der Waals surface area contributed by atoms with E-state index in [1.54, 1.807) is 6.20 Å². The maximum Gasteiger partial charge on any atom is 0.0841 e. The Hall–Kier alpha value is -0.500. The molecule has 1 aliphatic rings. The van der Waals surface area contributed by atoms with Gasteiger partial charge in [-0.3, -0.25) is 0 Å². The predicted molar refractivity (Wildman–Crippen MR) is 38.4 cm³/mol. The Morgan fingerprint density at radius 2 is 2.44 bits per heavy atom. The van der Waals surface area contributed by atoms with Crippen LogP contribution in [0.5, 0.6) is 0 Å². The summed E-state index contributed by atoms with van der Waals surface area (Å²) in [5.74, 6) is 0. The third-order valence-corrected chi connectivity index (χ3v) is 1.43. The molecule has 0 fully saturated rings. The quantitative estimate of drug-likeness (QED) is 0.564. The van der Waals surface area contributed by atoms with Crippen LogP contribution >= 0.6 is 11.6 Å². The number of nitrogens with zero attached hydrogens (tertiary/aromatic N) is 2. The SMILES string of the molecule is CCCC1=N[N]C=C1Cl. The molecule has 0 aromatic carbocycles. The summed E-state index contributed by atoms with van der Waals surface area (Å²) < 4.78 is 0. The van der Waals surface area contributed by atoms with Crippen LogP contribution in [0.4, 0.5) is 0 Å². The minimum atomic E-state index is 0.692. The average molecular weight is 144 g/mol. The Bertz CT molecular complexity index is 160. The summed E-state index contributed by atoms with van der Waals surface area (Å²) in [7, 11) is 0. The molecule has 0 aliphatic carbocycles. The lowest BCUT2D eigenvalue weighted by molar-refractivity contribution is 0.939. The fraction of sp³-hybridized carbons (Fsp3) is 0.500. The van der Waals surface area contributed by atoms with E-state index in [0.29, 0.717) is 5.03 Å². The Kier molecular flexibility index (Phi) is 2.11. The van der Waals surface area contributed by atoms with E-state index in [1.807, 2.05) is 0 Å². The van der Waals surface area contributed by atoms with Gasteiger partial charge in [0.05, 0.1) is 16.9 Å². The summed E-state index contributed by atoms with van der Waals surface area (Å²) in [5.41, 5.74) is 4.57. The maximum atomic E-state index is 5.69. The maximum absolute atomic E-state index is 5.69. The summed E-state index contributed by atoms with van der Waals surface area (Å²) >= 11 is 5.69. The first kappa shape index (κ1) is 6.62. The van der Waals surface area contributed by atoms with E-state index < -0.39 is 0 Å². The summed E-state index contributed by atoms with van der Waals surface area (Å²) in [5, 5.41) is 4.52. The number of halogens is 1. The van der Waals surface area contributed by atoms with Gasteiger partial charge in [0, 0.05) is 0 Å². The number of allylic oxidation sites excluding steroid dienone is 1. The highest BCUT2D eigenvalue weighted by Gasteiger charge is 2.08. The van der Waals surface area contributed by atoms with Crippen LogP contribution in [0.1, 0.15) is 19.8 Å². The Morgan fingerprint density at radius 1 is 1.67 bits per heavy atom. The minimum Gasteiger partial charge on any atom is -0.157 e. The third kappa shape index (κ3) is 1.45. The van der Waals surface area contributed by atoms with Gasteiger partial charge < -0.3 is 0 Å². The molecule has 1 heterocycles. The van der Waals surface area contributed by atoms with Gasteiger partial charge in [-0.25, -0.2) is 0 Å². The molecular formula is C6H8ClN2. The highest BCUT2D eigenvalue weighted by atomic mass is 35.5. The molecule has 0 saturated carbocycles. The first-order valence-corrected chi connectivity index (χ1v) is 3.35. The first-order valence-electron chi connectivity index (χ1n) is 2.97. The van der Waals surface area contributed by atoms with E-state index in [0.717, 1.165) is 18.6 Å². The molecule has 9 heavy (non-hydrogen) atoms. The topological polar surface area (TPSA) is 26.5 Å². The van der Waals surface area contributed by atoms with Gasteiger partial charge >= 0.3 is 0 Å². The standard InChI is InChI=1S/C6H8ClN2/c1-2-3-6-5(7)4-8-9-6/h4H,2-3H2,1H3. The molecule has 0 aromatic rings. The largest absolute Gasteiger partial charge is 0.157 e. The second-order valence-corrected chi connectivity index (χ2v) is 2.30. The van der Waals surface area contributed by atoms with Crippen LogP contribution in [0.15, 0.2) is 16.3 Å². The first-order chi connectivity index (χ1) is 4.34. The van der Waals surface area contributed by atoms with Crippen molar-refractivity contribution in [3.63, 3.8) is 0 Å². The van der Waals surface area contributed by atoms with E-state index in [-0.39, 0.29) is 0 Å².